The molecule has 2 rings (SSSR count). The molecule has 1 aromatic carbocycles. The average Bonchev–Trinajstić information content (AvgIpc) is 3.09. The van der Waals surface area contributed by atoms with Gasteiger partial charge in [-0.2, -0.15) is 0 Å². The molecule has 1 fully saturated rings. The molecule has 0 aliphatic heterocycles. The van der Waals surface area contributed by atoms with Gasteiger partial charge >= 0.3 is 5.97 Å². The quantitative estimate of drug-likeness (QED) is 0.818. The molecular formula is C13H18N2O2. The van der Waals surface area contributed by atoms with Crippen LogP contribution in [0.5, 0.6) is 0 Å². The third-order valence-corrected chi connectivity index (χ3v) is 3.04. The lowest BCUT2D eigenvalue weighted by Crippen LogP contribution is -2.31. The molecule has 0 bridgehead atoms. The first-order chi connectivity index (χ1) is 8.08. The summed E-state index contributed by atoms with van der Waals surface area (Å²) >= 11 is 0. The van der Waals surface area contributed by atoms with Gasteiger partial charge in [-0.3, -0.25) is 0 Å². The van der Waals surface area contributed by atoms with Gasteiger partial charge in [0.25, 0.3) is 0 Å². The summed E-state index contributed by atoms with van der Waals surface area (Å²) in [5.41, 5.74) is 1.94. The fourth-order valence-electron chi connectivity index (χ4n) is 1.86. The number of aliphatic carboxylic acids is 1. The van der Waals surface area contributed by atoms with Gasteiger partial charge in [-0.1, -0.05) is 6.07 Å². The molecular weight excluding hydrogens is 216 g/mol. The second-order valence-electron chi connectivity index (χ2n) is 4.74. The zero-order chi connectivity index (χ0) is 12.4. The van der Waals surface area contributed by atoms with Gasteiger partial charge in [0.15, 0.2) is 0 Å². The minimum atomic E-state index is -0.761. The number of anilines is 2. The van der Waals surface area contributed by atoms with Gasteiger partial charge in [-0.15, -0.1) is 0 Å². The van der Waals surface area contributed by atoms with Crippen LogP contribution >= 0.6 is 0 Å². The Morgan fingerprint density at radius 3 is 2.71 bits per heavy atom. The topological polar surface area (TPSA) is 52.6 Å². The standard InChI is InChI=1S/C13H18N2O2/c1-15(2)11-5-3-4-10(8-11)14-12(13(16)17)9-6-7-9/h3-5,8-9,12,14H,6-7H2,1-2H3,(H,16,17). The highest BCUT2D eigenvalue weighted by atomic mass is 16.4. The number of hydrogen-bond acceptors (Lipinski definition) is 3. The monoisotopic (exact) mass is 234 g/mol. The normalized spacial score (nSPS) is 16.4. The van der Waals surface area contributed by atoms with E-state index in [1.807, 2.05) is 43.3 Å². The maximum absolute atomic E-state index is 11.1. The van der Waals surface area contributed by atoms with E-state index in [1.54, 1.807) is 0 Å². The fourth-order valence-corrected chi connectivity index (χ4v) is 1.86. The largest absolute Gasteiger partial charge is 0.480 e. The Morgan fingerprint density at radius 2 is 2.18 bits per heavy atom. The lowest BCUT2D eigenvalue weighted by Gasteiger charge is -2.18. The van der Waals surface area contributed by atoms with Crippen molar-refractivity contribution < 1.29 is 9.90 Å². The number of nitrogens with one attached hydrogen (secondary N) is 1. The van der Waals surface area contributed by atoms with Gasteiger partial charge in [0.05, 0.1) is 0 Å². The molecule has 0 radical (unpaired) electrons. The van der Waals surface area contributed by atoms with Crippen molar-refractivity contribution in [3.63, 3.8) is 0 Å². The molecule has 1 aliphatic rings. The number of carboxylic acids is 1. The molecule has 4 nitrogen and oxygen atoms in total. The summed E-state index contributed by atoms with van der Waals surface area (Å²) in [6.07, 6.45) is 2.02. The number of hydrogen-bond donors (Lipinski definition) is 2. The van der Waals surface area contributed by atoms with Crippen LogP contribution in [0.15, 0.2) is 24.3 Å². The summed E-state index contributed by atoms with van der Waals surface area (Å²) < 4.78 is 0. The van der Waals surface area contributed by atoms with E-state index < -0.39 is 12.0 Å². The number of carbonyl (C=O) groups is 1. The summed E-state index contributed by atoms with van der Waals surface area (Å²) in [6.45, 7) is 0. The molecule has 0 heterocycles. The van der Waals surface area contributed by atoms with Crippen LogP contribution in [0, 0.1) is 5.92 Å². The number of nitrogens with zero attached hydrogens (tertiary/aromatic N) is 1. The van der Waals surface area contributed by atoms with Crippen molar-refractivity contribution in [2.45, 2.75) is 18.9 Å². The number of carboxylic acid groups (broad SMARTS) is 1. The van der Waals surface area contributed by atoms with Gasteiger partial charge in [0.2, 0.25) is 0 Å². The van der Waals surface area contributed by atoms with Gasteiger partial charge in [-0.05, 0) is 37.0 Å². The average molecular weight is 234 g/mol. The third kappa shape index (κ3) is 2.90. The summed E-state index contributed by atoms with van der Waals surface area (Å²) in [7, 11) is 3.93. The molecule has 92 valence electrons. The lowest BCUT2D eigenvalue weighted by molar-refractivity contribution is -0.138. The van der Waals surface area contributed by atoms with E-state index in [-0.39, 0.29) is 5.92 Å². The first kappa shape index (κ1) is 11.8. The van der Waals surface area contributed by atoms with Crippen LogP contribution in [0.25, 0.3) is 0 Å². The smallest absolute Gasteiger partial charge is 0.326 e. The van der Waals surface area contributed by atoms with Gasteiger partial charge in [0.1, 0.15) is 6.04 Å². The SMILES string of the molecule is CN(C)c1cccc(NC(C(=O)O)C2CC2)c1. The Labute approximate surface area is 101 Å². The van der Waals surface area contributed by atoms with E-state index in [9.17, 15) is 4.79 Å². The molecule has 1 unspecified atom stereocenters. The Hall–Kier alpha value is -1.71. The van der Waals surface area contributed by atoms with Crippen LogP contribution in [-0.2, 0) is 4.79 Å². The lowest BCUT2D eigenvalue weighted by atomic mass is 10.1. The predicted molar refractivity (Wildman–Crippen MR) is 68.5 cm³/mol. The zero-order valence-corrected chi connectivity index (χ0v) is 10.2. The second kappa shape index (κ2) is 4.65. The summed E-state index contributed by atoms with van der Waals surface area (Å²) in [5, 5.41) is 12.3. The van der Waals surface area contributed by atoms with Crippen molar-refractivity contribution in [2.24, 2.45) is 5.92 Å². The first-order valence-electron chi connectivity index (χ1n) is 5.84. The number of benzene rings is 1. The molecule has 0 aromatic heterocycles. The van der Waals surface area contributed by atoms with Crippen LogP contribution in [0.4, 0.5) is 11.4 Å². The second-order valence-corrected chi connectivity index (χ2v) is 4.74. The molecule has 1 saturated carbocycles. The molecule has 17 heavy (non-hydrogen) atoms. The molecule has 0 spiro atoms. The summed E-state index contributed by atoms with van der Waals surface area (Å²) in [5.74, 6) is -0.474. The van der Waals surface area contributed by atoms with Gasteiger partial charge < -0.3 is 15.3 Å². The molecule has 0 saturated heterocycles. The van der Waals surface area contributed by atoms with Crippen molar-refractivity contribution in [1.29, 1.82) is 0 Å². The van der Waals surface area contributed by atoms with Crippen molar-refractivity contribution in [3.8, 4) is 0 Å². The van der Waals surface area contributed by atoms with Crippen LogP contribution in [-0.4, -0.2) is 31.2 Å². The van der Waals surface area contributed by atoms with Crippen LogP contribution in [0.1, 0.15) is 12.8 Å². The van der Waals surface area contributed by atoms with Crippen LogP contribution < -0.4 is 10.2 Å². The maximum Gasteiger partial charge on any atom is 0.326 e. The molecule has 0 amide bonds. The minimum absolute atomic E-state index is 0.288. The van der Waals surface area contributed by atoms with Crippen molar-refractivity contribution in [1.82, 2.24) is 0 Å². The summed E-state index contributed by atoms with van der Waals surface area (Å²) in [6, 6.07) is 7.36. The first-order valence-corrected chi connectivity index (χ1v) is 5.84. The Kier molecular flexibility index (Phi) is 3.22. The molecule has 4 heteroatoms. The highest BCUT2D eigenvalue weighted by Crippen LogP contribution is 2.34. The molecule has 1 aliphatic carbocycles. The van der Waals surface area contributed by atoms with Gasteiger partial charge in [-0.25, -0.2) is 4.79 Å². The Morgan fingerprint density at radius 1 is 1.47 bits per heavy atom. The van der Waals surface area contributed by atoms with E-state index in [2.05, 4.69) is 5.32 Å². The van der Waals surface area contributed by atoms with E-state index in [0.717, 1.165) is 24.2 Å². The van der Waals surface area contributed by atoms with E-state index in [0.29, 0.717) is 0 Å². The van der Waals surface area contributed by atoms with Crippen molar-refractivity contribution in [2.75, 3.05) is 24.3 Å². The number of rotatable bonds is 5. The van der Waals surface area contributed by atoms with Crippen LogP contribution in [0.3, 0.4) is 0 Å². The van der Waals surface area contributed by atoms with Gasteiger partial charge in [0, 0.05) is 25.5 Å². The molecule has 1 aromatic rings. The van der Waals surface area contributed by atoms with Crippen molar-refractivity contribution in [3.05, 3.63) is 24.3 Å². The Bertz CT molecular complexity index is 414. The van der Waals surface area contributed by atoms with E-state index in [4.69, 9.17) is 5.11 Å². The fraction of sp³-hybridized carbons (Fsp3) is 0.462. The summed E-state index contributed by atoms with van der Waals surface area (Å²) in [4.78, 5) is 13.1. The minimum Gasteiger partial charge on any atom is -0.480 e. The van der Waals surface area contributed by atoms with Crippen LogP contribution in [0.2, 0.25) is 0 Å². The molecule has 2 N–H and O–H groups in total. The van der Waals surface area contributed by atoms with E-state index >= 15 is 0 Å². The third-order valence-electron chi connectivity index (χ3n) is 3.04. The zero-order valence-electron chi connectivity index (χ0n) is 10.2. The highest BCUT2D eigenvalue weighted by molar-refractivity contribution is 5.78. The highest BCUT2D eigenvalue weighted by Gasteiger charge is 2.36. The van der Waals surface area contributed by atoms with Crippen molar-refractivity contribution >= 4 is 17.3 Å². The maximum atomic E-state index is 11.1. The predicted octanol–water partition coefficient (Wildman–Crippen LogP) is 2.03. The molecule has 1 atom stereocenters. The Balaban J connectivity index is 2.11. The van der Waals surface area contributed by atoms with E-state index in [1.165, 1.54) is 0 Å².